The van der Waals surface area contributed by atoms with Crippen LogP contribution in [0.15, 0.2) is 16.6 Å². The van der Waals surface area contributed by atoms with E-state index in [0.29, 0.717) is 5.56 Å². The van der Waals surface area contributed by atoms with Crippen LogP contribution in [0.3, 0.4) is 0 Å². The fourth-order valence-electron chi connectivity index (χ4n) is 1.91. The van der Waals surface area contributed by atoms with Gasteiger partial charge in [-0.15, -0.1) is 0 Å². The predicted molar refractivity (Wildman–Crippen MR) is 61.5 cm³/mol. The van der Waals surface area contributed by atoms with Crippen LogP contribution in [0.5, 0.6) is 0 Å². The van der Waals surface area contributed by atoms with Gasteiger partial charge in [0.25, 0.3) is 0 Å². The maximum atomic E-state index is 13.4. The average molecular weight is 305 g/mol. The number of esters is 1. The van der Waals surface area contributed by atoms with Crippen LogP contribution in [0.25, 0.3) is 0 Å². The molecular weight excluding hydrogens is 294 g/mol. The van der Waals surface area contributed by atoms with Crippen molar-refractivity contribution in [1.29, 1.82) is 0 Å². The van der Waals surface area contributed by atoms with Gasteiger partial charge in [0.15, 0.2) is 0 Å². The van der Waals surface area contributed by atoms with Gasteiger partial charge in [0.1, 0.15) is 11.6 Å². The molecule has 0 aliphatic heterocycles. The van der Waals surface area contributed by atoms with Crippen molar-refractivity contribution in [2.24, 2.45) is 5.92 Å². The molecule has 0 radical (unpaired) electrons. The molecule has 0 N–H and O–H groups in total. The van der Waals surface area contributed by atoms with Crippen LogP contribution >= 0.6 is 15.9 Å². The molecule has 1 aliphatic rings. The molecular formula is C12H11BrF2O2. The molecule has 1 fully saturated rings. The lowest BCUT2D eigenvalue weighted by molar-refractivity contribution is -0.143. The highest BCUT2D eigenvalue weighted by atomic mass is 79.9. The van der Waals surface area contributed by atoms with Gasteiger partial charge in [-0.1, -0.05) is 0 Å². The highest BCUT2D eigenvalue weighted by molar-refractivity contribution is 9.10. The van der Waals surface area contributed by atoms with Crippen molar-refractivity contribution in [2.75, 3.05) is 7.11 Å². The van der Waals surface area contributed by atoms with Gasteiger partial charge >= 0.3 is 5.97 Å². The first-order chi connectivity index (χ1) is 8.04. The van der Waals surface area contributed by atoms with Crippen molar-refractivity contribution in [3.8, 4) is 0 Å². The van der Waals surface area contributed by atoms with Gasteiger partial charge in [0, 0.05) is 0 Å². The lowest BCUT2D eigenvalue weighted by Crippen LogP contribution is -2.16. The molecule has 0 bridgehead atoms. The Morgan fingerprint density at radius 1 is 1.41 bits per heavy atom. The van der Waals surface area contributed by atoms with Crippen molar-refractivity contribution in [2.45, 2.75) is 18.8 Å². The maximum Gasteiger partial charge on any atom is 0.313 e. The first-order valence-electron chi connectivity index (χ1n) is 5.27. The lowest BCUT2D eigenvalue weighted by atomic mass is 9.94. The predicted octanol–water partition coefficient (Wildman–Crippen LogP) is 3.39. The minimum Gasteiger partial charge on any atom is -0.469 e. The minimum atomic E-state index is -0.699. The van der Waals surface area contributed by atoms with E-state index in [0.717, 1.165) is 12.8 Å². The standard InChI is InChI=1S/C12H11BrF2O2/c1-17-12(16)10(6-2-3-6)7-4-8(14)11(13)9(15)5-7/h4-6,10H,2-3H2,1H3. The first-order valence-corrected chi connectivity index (χ1v) is 6.06. The SMILES string of the molecule is COC(=O)C(c1cc(F)c(Br)c(F)c1)C1CC1. The summed E-state index contributed by atoms with van der Waals surface area (Å²) in [4.78, 5) is 11.6. The molecule has 1 aromatic rings. The van der Waals surface area contributed by atoms with E-state index in [1.165, 1.54) is 19.2 Å². The van der Waals surface area contributed by atoms with E-state index in [1.54, 1.807) is 0 Å². The van der Waals surface area contributed by atoms with Gasteiger partial charge in [0.05, 0.1) is 17.5 Å². The van der Waals surface area contributed by atoms with Gasteiger partial charge < -0.3 is 4.74 Å². The smallest absolute Gasteiger partial charge is 0.313 e. The number of ether oxygens (including phenoxy) is 1. The van der Waals surface area contributed by atoms with Gasteiger partial charge in [-0.05, 0) is 52.4 Å². The molecule has 1 aromatic carbocycles. The third kappa shape index (κ3) is 2.49. The van der Waals surface area contributed by atoms with E-state index >= 15 is 0 Å². The highest BCUT2D eigenvalue weighted by Crippen LogP contribution is 2.44. The Morgan fingerprint density at radius 2 is 1.94 bits per heavy atom. The van der Waals surface area contributed by atoms with Crippen LogP contribution in [-0.2, 0) is 9.53 Å². The molecule has 1 unspecified atom stereocenters. The monoisotopic (exact) mass is 304 g/mol. The number of carbonyl (C=O) groups is 1. The molecule has 0 heterocycles. The zero-order chi connectivity index (χ0) is 12.6. The third-order valence-electron chi connectivity index (χ3n) is 2.91. The van der Waals surface area contributed by atoms with Crippen molar-refractivity contribution in [1.82, 2.24) is 0 Å². The molecule has 92 valence electrons. The van der Waals surface area contributed by atoms with E-state index < -0.39 is 23.5 Å². The molecule has 0 saturated heterocycles. The number of halogens is 3. The summed E-state index contributed by atoms with van der Waals surface area (Å²) >= 11 is 2.80. The number of carbonyl (C=O) groups excluding carboxylic acids is 1. The van der Waals surface area contributed by atoms with Gasteiger partial charge in [-0.25, -0.2) is 8.78 Å². The number of hydrogen-bond donors (Lipinski definition) is 0. The Balaban J connectivity index is 2.39. The van der Waals surface area contributed by atoms with Crippen molar-refractivity contribution < 1.29 is 18.3 Å². The van der Waals surface area contributed by atoms with Crippen LogP contribution in [0, 0.1) is 17.6 Å². The molecule has 1 aliphatic carbocycles. The van der Waals surface area contributed by atoms with Crippen LogP contribution < -0.4 is 0 Å². The van der Waals surface area contributed by atoms with Crippen LogP contribution in [0.4, 0.5) is 8.78 Å². The van der Waals surface area contributed by atoms with Gasteiger partial charge in [-0.3, -0.25) is 4.79 Å². The van der Waals surface area contributed by atoms with Crippen LogP contribution in [-0.4, -0.2) is 13.1 Å². The second-order valence-electron chi connectivity index (χ2n) is 4.14. The number of methoxy groups -OCH3 is 1. The first kappa shape index (κ1) is 12.5. The molecule has 0 aromatic heterocycles. The zero-order valence-corrected chi connectivity index (χ0v) is 10.8. The molecule has 2 nitrogen and oxygen atoms in total. The molecule has 2 rings (SSSR count). The largest absolute Gasteiger partial charge is 0.469 e. The van der Waals surface area contributed by atoms with Crippen LogP contribution in [0.2, 0.25) is 0 Å². The summed E-state index contributed by atoms with van der Waals surface area (Å²) in [5, 5.41) is 0. The summed E-state index contributed by atoms with van der Waals surface area (Å²) < 4.78 is 31.3. The normalized spacial score (nSPS) is 16.7. The fraction of sp³-hybridized carbons (Fsp3) is 0.417. The van der Waals surface area contributed by atoms with Crippen molar-refractivity contribution in [3.63, 3.8) is 0 Å². The summed E-state index contributed by atoms with van der Waals surface area (Å²) in [6.07, 6.45) is 1.78. The average Bonchev–Trinajstić information content (AvgIpc) is 3.10. The van der Waals surface area contributed by atoms with Crippen molar-refractivity contribution >= 4 is 21.9 Å². The van der Waals surface area contributed by atoms with E-state index in [1.807, 2.05) is 0 Å². The molecule has 1 saturated carbocycles. The Kier molecular flexibility index (Phi) is 3.47. The number of rotatable bonds is 3. The van der Waals surface area contributed by atoms with E-state index in [-0.39, 0.29) is 10.4 Å². The Hall–Kier alpha value is -0.970. The van der Waals surface area contributed by atoms with Crippen LogP contribution in [0.1, 0.15) is 24.3 Å². The lowest BCUT2D eigenvalue weighted by Gasteiger charge is -2.14. The maximum absolute atomic E-state index is 13.4. The van der Waals surface area contributed by atoms with Crippen molar-refractivity contribution in [3.05, 3.63) is 33.8 Å². The summed E-state index contributed by atoms with van der Waals surface area (Å²) in [6, 6.07) is 2.38. The Bertz CT molecular complexity index is 435. The summed E-state index contributed by atoms with van der Waals surface area (Å²) in [7, 11) is 1.28. The second kappa shape index (κ2) is 4.72. The number of hydrogen-bond acceptors (Lipinski definition) is 2. The summed E-state index contributed by atoms with van der Waals surface area (Å²) in [5.74, 6) is -2.25. The summed E-state index contributed by atoms with van der Waals surface area (Å²) in [6.45, 7) is 0. The molecule has 0 amide bonds. The van der Waals surface area contributed by atoms with E-state index in [2.05, 4.69) is 20.7 Å². The van der Waals surface area contributed by atoms with E-state index in [4.69, 9.17) is 0 Å². The number of benzene rings is 1. The molecule has 5 heteroatoms. The molecule has 1 atom stereocenters. The summed E-state index contributed by atoms with van der Waals surface area (Å²) in [5.41, 5.74) is 0.345. The highest BCUT2D eigenvalue weighted by Gasteiger charge is 2.38. The topological polar surface area (TPSA) is 26.3 Å². The molecule has 0 spiro atoms. The minimum absolute atomic E-state index is 0.141. The zero-order valence-electron chi connectivity index (χ0n) is 9.17. The molecule has 17 heavy (non-hydrogen) atoms. The second-order valence-corrected chi connectivity index (χ2v) is 4.93. The van der Waals surface area contributed by atoms with Gasteiger partial charge in [-0.2, -0.15) is 0 Å². The van der Waals surface area contributed by atoms with Gasteiger partial charge in [0.2, 0.25) is 0 Å². The third-order valence-corrected chi connectivity index (χ3v) is 3.67. The Labute approximate surface area is 106 Å². The quantitative estimate of drug-likeness (QED) is 0.632. The fourth-order valence-corrected chi connectivity index (χ4v) is 2.14. The Morgan fingerprint density at radius 3 is 2.35 bits per heavy atom. The van der Waals surface area contributed by atoms with E-state index in [9.17, 15) is 13.6 Å².